The molecule has 1 unspecified atom stereocenters. The predicted molar refractivity (Wildman–Crippen MR) is 110 cm³/mol. The maximum absolute atomic E-state index is 13.7. The van der Waals surface area contributed by atoms with E-state index in [1.54, 1.807) is 0 Å². The van der Waals surface area contributed by atoms with Gasteiger partial charge in [-0.3, -0.25) is 4.90 Å². The average Bonchev–Trinajstić information content (AvgIpc) is 3.01. The molecule has 1 saturated heterocycles. The van der Waals surface area contributed by atoms with Crippen molar-refractivity contribution in [3.63, 3.8) is 0 Å². The Morgan fingerprint density at radius 2 is 1.53 bits per heavy atom. The summed E-state index contributed by atoms with van der Waals surface area (Å²) >= 11 is 1.82. The first-order valence-corrected chi connectivity index (χ1v) is 10.6. The van der Waals surface area contributed by atoms with Crippen molar-refractivity contribution >= 4 is 28.7 Å². The molecular weight excluding hydrogens is 596 g/mol. The Morgan fingerprint density at radius 1 is 0.971 bits per heavy atom. The molecule has 3 atom stereocenters. The smallest absolute Gasteiger partial charge is 0.416 e. The number of rotatable bonds is 5. The molecule has 34 heavy (non-hydrogen) atoms. The highest BCUT2D eigenvalue weighted by Gasteiger charge is 2.43. The molecule has 0 N–H and O–H groups in total. The van der Waals surface area contributed by atoms with Crippen molar-refractivity contribution in [3.05, 3.63) is 67.8 Å². The fraction of sp³-hybridized carbons (Fsp3) is 0.381. The van der Waals surface area contributed by atoms with E-state index in [4.69, 9.17) is 4.74 Å². The fourth-order valence-corrected chi connectivity index (χ4v) is 4.03. The second-order valence-corrected chi connectivity index (χ2v) is 8.76. The van der Waals surface area contributed by atoms with E-state index in [2.05, 4.69) is 0 Å². The van der Waals surface area contributed by atoms with Crippen molar-refractivity contribution in [3.8, 4) is 0 Å². The lowest BCUT2D eigenvalue weighted by molar-refractivity contribution is -0.143. The van der Waals surface area contributed by atoms with Crippen LogP contribution in [0.25, 0.3) is 0 Å². The molecule has 0 radical (unpaired) electrons. The van der Waals surface area contributed by atoms with Crippen LogP contribution in [0.15, 0.2) is 36.4 Å². The maximum atomic E-state index is 13.7. The number of carbonyl (C=O) groups is 1. The zero-order chi connectivity index (χ0) is 25.6. The molecular formula is C21H15F9INO2. The highest BCUT2D eigenvalue weighted by atomic mass is 127. The summed E-state index contributed by atoms with van der Waals surface area (Å²) in [6, 6.07) is 3.53. The second kappa shape index (κ2) is 9.46. The molecule has 3 rings (SSSR count). The van der Waals surface area contributed by atoms with Gasteiger partial charge in [0, 0.05) is 3.57 Å². The van der Waals surface area contributed by atoms with Crippen LogP contribution in [-0.4, -0.2) is 23.5 Å². The highest BCUT2D eigenvalue weighted by Crippen LogP contribution is 2.41. The minimum Gasteiger partial charge on any atom is -0.439 e. The third kappa shape index (κ3) is 5.54. The number of amides is 1. The molecule has 1 heterocycles. The molecule has 1 aliphatic heterocycles. The van der Waals surface area contributed by atoms with Gasteiger partial charge in [0.2, 0.25) is 0 Å². The maximum Gasteiger partial charge on any atom is 0.416 e. The van der Waals surface area contributed by atoms with Gasteiger partial charge < -0.3 is 4.74 Å². The summed E-state index contributed by atoms with van der Waals surface area (Å²) in [6.07, 6.45) is -18.5. The van der Waals surface area contributed by atoms with Crippen molar-refractivity contribution in [2.24, 2.45) is 0 Å². The van der Waals surface area contributed by atoms with Crippen LogP contribution in [0.2, 0.25) is 0 Å². The lowest BCUT2D eigenvalue weighted by Crippen LogP contribution is -2.32. The van der Waals surface area contributed by atoms with Gasteiger partial charge in [0.05, 0.1) is 23.7 Å². The summed E-state index contributed by atoms with van der Waals surface area (Å²) < 4.78 is 124. The molecule has 2 aromatic rings. The lowest BCUT2D eigenvalue weighted by atomic mass is 9.97. The third-order valence-electron chi connectivity index (χ3n) is 5.28. The largest absolute Gasteiger partial charge is 0.439 e. The van der Waals surface area contributed by atoms with Crippen LogP contribution in [-0.2, 0) is 23.6 Å². The van der Waals surface area contributed by atoms with E-state index in [9.17, 15) is 44.3 Å². The third-order valence-corrected chi connectivity index (χ3v) is 6.33. The minimum atomic E-state index is -5.08. The Labute approximate surface area is 201 Å². The van der Waals surface area contributed by atoms with E-state index in [0.717, 1.165) is 17.0 Å². The highest BCUT2D eigenvalue weighted by molar-refractivity contribution is 14.1. The molecule has 1 fully saturated rings. The molecule has 0 aliphatic carbocycles. The lowest BCUT2D eigenvalue weighted by Gasteiger charge is -2.23. The summed E-state index contributed by atoms with van der Waals surface area (Å²) in [5.41, 5.74) is -3.69. The molecule has 0 spiro atoms. The summed E-state index contributed by atoms with van der Waals surface area (Å²) in [4.78, 5) is 13.5. The first kappa shape index (κ1) is 26.4. The van der Waals surface area contributed by atoms with Gasteiger partial charge in [-0.1, -0.05) is 6.07 Å². The van der Waals surface area contributed by atoms with Gasteiger partial charge in [-0.15, -0.1) is 0 Å². The van der Waals surface area contributed by atoms with Crippen molar-refractivity contribution in [2.45, 2.75) is 50.6 Å². The van der Waals surface area contributed by atoms with E-state index in [0.29, 0.717) is 15.7 Å². The minimum absolute atomic E-state index is 0.0348. The number of hydrogen-bond donors (Lipinski definition) is 0. The van der Waals surface area contributed by atoms with E-state index in [-0.39, 0.29) is 23.7 Å². The molecule has 3 nitrogen and oxygen atoms in total. The van der Waals surface area contributed by atoms with Crippen molar-refractivity contribution in [2.75, 3.05) is 0 Å². The summed E-state index contributed by atoms with van der Waals surface area (Å²) in [5, 5.41) is 0. The second-order valence-electron chi connectivity index (χ2n) is 7.60. The first-order valence-electron chi connectivity index (χ1n) is 9.56. The van der Waals surface area contributed by atoms with Gasteiger partial charge in [0.15, 0.2) is 6.17 Å². The topological polar surface area (TPSA) is 29.5 Å². The number of carbonyl (C=O) groups excluding carboxylic acids is 1. The van der Waals surface area contributed by atoms with Crippen LogP contribution in [0.3, 0.4) is 0 Å². The zero-order valence-electron chi connectivity index (χ0n) is 17.0. The van der Waals surface area contributed by atoms with Gasteiger partial charge in [-0.2, -0.15) is 26.3 Å². The molecule has 0 aromatic heterocycles. The molecule has 186 valence electrons. The Kier molecular flexibility index (Phi) is 7.35. The average molecular weight is 611 g/mol. The zero-order valence-corrected chi connectivity index (χ0v) is 19.2. The number of halogens is 10. The van der Waals surface area contributed by atoms with Crippen LogP contribution in [0.5, 0.6) is 0 Å². The summed E-state index contributed by atoms with van der Waals surface area (Å²) in [7, 11) is 0. The van der Waals surface area contributed by atoms with Gasteiger partial charge in [-0.25, -0.2) is 18.0 Å². The first-order chi connectivity index (χ1) is 15.6. The van der Waals surface area contributed by atoms with Gasteiger partial charge >= 0.3 is 18.4 Å². The fourth-order valence-electron chi connectivity index (χ4n) is 3.52. The van der Waals surface area contributed by atoms with Crippen molar-refractivity contribution < 1.29 is 49.0 Å². The number of cyclic esters (lactones) is 1. The van der Waals surface area contributed by atoms with Crippen LogP contribution >= 0.6 is 22.6 Å². The van der Waals surface area contributed by atoms with Crippen LogP contribution < -0.4 is 0 Å². The summed E-state index contributed by atoms with van der Waals surface area (Å²) in [6.45, 7) is 1.07. The number of nitrogens with zero attached hydrogens (tertiary/aromatic N) is 1. The monoisotopic (exact) mass is 611 g/mol. The Bertz CT molecular complexity index is 1040. The SMILES string of the molecule is C[C@H]1[C@@H](c2cc(C(F)(F)F)cc(C(F)(F)F)c2)OC(=O)N1Cc1cc(C(F)C(F)F)ccc1I. The molecule has 1 aliphatic rings. The Balaban J connectivity index is 1.94. The molecule has 2 aromatic carbocycles. The van der Waals surface area contributed by atoms with E-state index in [1.165, 1.54) is 13.0 Å². The van der Waals surface area contributed by atoms with Crippen molar-refractivity contribution in [1.82, 2.24) is 4.90 Å². The summed E-state index contributed by atoms with van der Waals surface area (Å²) in [5.74, 6) is 0. The van der Waals surface area contributed by atoms with Gasteiger partial charge in [-0.05, 0) is 76.5 Å². The predicted octanol–water partition coefficient (Wildman–Crippen LogP) is 7.69. The Morgan fingerprint density at radius 3 is 2.03 bits per heavy atom. The van der Waals surface area contributed by atoms with E-state index >= 15 is 0 Å². The van der Waals surface area contributed by atoms with Crippen LogP contribution in [0, 0.1) is 3.57 Å². The Hall–Kier alpha value is -2.19. The normalized spacial score (nSPS) is 20.1. The number of alkyl halides is 9. The number of hydrogen-bond acceptors (Lipinski definition) is 2. The molecule has 13 heteroatoms. The molecule has 0 bridgehead atoms. The van der Waals surface area contributed by atoms with E-state index < -0.39 is 59.9 Å². The number of benzene rings is 2. The number of ether oxygens (including phenoxy) is 1. The van der Waals surface area contributed by atoms with Crippen molar-refractivity contribution in [1.29, 1.82) is 0 Å². The van der Waals surface area contributed by atoms with Gasteiger partial charge in [0.1, 0.15) is 6.10 Å². The van der Waals surface area contributed by atoms with E-state index in [1.807, 2.05) is 22.6 Å². The van der Waals surface area contributed by atoms with Gasteiger partial charge in [0.25, 0.3) is 6.43 Å². The standard InChI is InChI=1S/C21H15F9INO2/c1-9-17(11-5-13(20(25,26)27)7-14(6-11)21(28,29)30)34-19(33)32(9)8-12-4-10(2-3-15(12)31)16(22)18(23)24/h2-7,9,16-18H,8H2,1H3/t9-,16?,17-/m0/s1. The molecule has 0 saturated carbocycles. The van der Waals surface area contributed by atoms with Crippen LogP contribution in [0.4, 0.5) is 44.3 Å². The quantitative estimate of drug-likeness (QED) is 0.257. The molecule has 1 amide bonds. The van der Waals surface area contributed by atoms with Crippen LogP contribution in [0.1, 0.15) is 47.0 Å².